The average molecular weight is 436 g/mol. The van der Waals surface area contributed by atoms with Crippen LogP contribution in [0.3, 0.4) is 0 Å². The number of carbonyl (C=O) groups is 2. The second-order valence-electron chi connectivity index (χ2n) is 6.75. The van der Waals surface area contributed by atoms with E-state index in [-0.39, 0.29) is 28.9 Å². The van der Waals surface area contributed by atoms with Crippen LogP contribution in [-0.4, -0.2) is 40.0 Å². The SMILES string of the molecule is COc1ccc(C(=O)NNC(=O)COc2cccc(C)c2)cc1S(=O)(=O)NC(C)C. The van der Waals surface area contributed by atoms with Gasteiger partial charge in [0.2, 0.25) is 10.0 Å². The molecule has 0 radical (unpaired) electrons. The molecule has 2 rings (SSSR count). The summed E-state index contributed by atoms with van der Waals surface area (Å²) in [5.41, 5.74) is 5.47. The number of hydrogen-bond donors (Lipinski definition) is 3. The lowest BCUT2D eigenvalue weighted by Crippen LogP contribution is -2.43. The number of benzene rings is 2. The van der Waals surface area contributed by atoms with Crippen LogP contribution in [0.2, 0.25) is 0 Å². The van der Waals surface area contributed by atoms with Gasteiger partial charge in [-0.3, -0.25) is 20.4 Å². The van der Waals surface area contributed by atoms with Gasteiger partial charge in [-0.1, -0.05) is 12.1 Å². The van der Waals surface area contributed by atoms with Crippen molar-refractivity contribution in [1.82, 2.24) is 15.6 Å². The summed E-state index contributed by atoms with van der Waals surface area (Å²) in [7, 11) is -2.56. The molecule has 0 heterocycles. The van der Waals surface area contributed by atoms with Crippen LogP contribution in [0.4, 0.5) is 0 Å². The van der Waals surface area contributed by atoms with Gasteiger partial charge in [-0.15, -0.1) is 0 Å². The number of methoxy groups -OCH3 is 1. The van der Waals surface area contributed by atoms with Gasteiger partial charge in [0.05, 0.1) is 7.11 Å². The number of nitrogens with one attached hydrogen (secondary N) is 3. The van der Waals surface area contributed by atoms with Gasteiger partial charge in [-0.05, 0) is 56.7 Å². The van der Waals surface area contributed by atoms with Crippen molar-refractivity contribution in [2.45, 2.75) is 31.7 Å². The van der Waals surface area contributed by atoms with Crippen LogP contribution in [0.1, 0.15) is 29.8 Å². The van der Waals surface area contributed by atoms with Crippen molar-refractivity contribution in [2.75, 3.05) is 13.7 Å². The third-order valence-electron chi connectivity index (χ3n) is 3.78. The van der Waals surface area contributed by atoms with E-state index in [1.54, 1.807) is 32.0 Å². The number of aryl methyl sites for hydroxylation is 1. The maximum Gasteiger partial charge on any atom is 0.276 e. The molecular weight excluding hydrogens is 410 g/mol. The van der Waals surface area contributed by atoms with Crippen LogP contribution in [0, 0.1) is 6.92 Å². The average Bonchev–Trinajstić information content (AvgIpc) is 2.69. The van der Waals surface area contributed by atoms with Crippen molar-refractivity contribution < 1.29 is 27.5 Å². The number of carbonyl (C=O) groups excluding carboxylic acids is 2. The predicted octanol–water partition coefficient (Wildman–Crippen LogP) is 1.53. The van der Waals surface area contributed by atoms with E-state index in [0.29, 0.717) is 5.75 Å². The molecule has 162 valence electrons. The maximum atomic E-state index is 12.5. The second kappa shape index (κ2) is 10.1. The molecule has 0 saturated carbocycles. The molecule has 0 unspecified atom stereocenters. The molecule has 2 aromatic rings. The smallest absolute Gasteiger partial charge is 0.276 e. The van der Waals surface area contributed by atoms with Crippen molar-refractivity contribution in [3.63, 3.8) is 0 Å². The molecule has 0 aliphatic rings. The van der Waals surface area contributed by atoms with Gasteiger partial charge in [0.1, 0.15) is 16.4 Å². The Kier molecular flexibility index (Phi) is 7.79. The molecule has 30 heavy (non-hydrogen) atoms. The summed E-state index contributed by atoms with van der Waals surface area (Å²) in [6, 6.07) is 10.8. The second-order valence-corrected chi connectivity index (χ2v) is 8.43. The number of rotatable bonds is 8. The molecule has 0 fully saturated rings. The predicted molar refractivity (Wildman–Crippen MR) is 111 cm³/mol. The summed E-state index contributed by atoms with van der Waals surface area (Å²) in [5.74, 6) is -0.648. The van der Waals surface area contributed by atoms with Crippen LogP contribution in [0.15, 0.2) is 47.4 Å². The Balaban J connectivity index is 2.02. The van der Waals surface area contributed by atoms with Gasteiger partial charge in [0, 0.05) is 11.6 Å². The lowest BCUT2D eigenvalue weighted by molar-refractivity contribution is -0.123. The number of ether oxygens (including phenoxy) is 2. The Morgan fingerprint density at radius 3 is 2.43 bits per heavy atom. The Hall–Kier alpha value is -3.11. The summed E-state index contributed by atoms with van der Waals surface area (Å²) < 4.78 is 37.9. The molecular formula is C20H25N3O6S. The minimum absolute atomic E-state index is 0.0276. The number of hydrogen-bond acceptors (Lipinski definition) is 6. The standard InChI is InChI=1S/C20H25N3O6S/c1-13(2)23-30(26,27)18-11-15(8-9-17(18)28-4)20(25)22-21-19(24)12-29-16-7-5-6-14(3)10-16/h5-11,13,23H,12H2,1-4H3,(H,21,24)(H,22,25). The van der Waals surface area contributed by atoms with Crippen molar-refractivity contribution in [1.29, 1.82) is 0 Å². The molecule has 9 nitrogen and oxygen atoms in total. The van der Waals surface area contributed by atoms with E-state index in [1.165, 1.54) is 25.3 Å². The summed E-state index contributed by atoms with van der Waals surface area (Å²) >= 11 is 0. The molecule has 0 bridgehead atoms. The quantitative estimate of drug-likeness (QED) is 0.541. The lowest BCUT2D eigenvalue weighted by Gasteiger charge is -2.14. The van der Waals surface area contributed by atoms with Crippen LogP contribution in [0.5, 0.6) is 11.5 Å². The number of sulfonamides is 1. The molecule has 0 aliphatic heterocycles. The minimum Gasteiger partial charge on any atom is -0.495 e. The first-order valence-corrected chi connectivity index (χ1v) is 10.6. The lowest BCUT2D eigenvalue weighted by atomic mass is 10.2. The van der Waals surface area contributed by atoms with Crippen LogP contribution in [0.25, 0.3) is 0 Å². The van der Waals surface area contributed by atoms with E-state index < -0.39 is 21.8 Å². The maximum absolute atomic E-state index is 12.5. The normalized spacial score (nSPS) is 11.1. The molecule has 0 saturated heterocycles. The van der Waals surface area contributed by atoms with E-state index >= 15 is 0 Å². The van der Waals surface area contributed by atoms with Crippen molar-refractivity contribution in [3.05, 3.63) is 53.6 Å². The van der Waals surface area contributed by atoms with Crippen LogP contribution in [-0.2, 0) is 14.8 Å². The van der Waals surface area contributed by atoms with E-state index in [0.717, 1.165) is 5.56 Å². The zero-order valence-electron chi connectivity index (χ0n) is 17.2. The van der Waals surface area contributed by atoms with Gasteiger partial charge in [0.15, 0.2) is 6.61 Å². The molecule has 0 aliphatic carbocycles. The molecule has 0 aromatic heterocycles. The Morgan fingerprint density at radius 1 is 1.07 bits per heavy atom. The highest BCUT2D eigenvalue weighted by Gasteiger charge is 2.22. The van der Waals surface area contributed by atoms with Gasteiger partial charge in [0.25, 0.3) is 11.8 Å². The van der Waals surface area contributed by atoms with Crippen molar-refractivity contribution in [2.24, 2.45) is 0 Å². The third-order valence-corrected chi connectivity index (χ3v) is 5.46. The van der Waals surface area contributed by atoms with Gasteiger partial charge >= 0.3 is 0 Å². The van der Waals surface area contributed by atoms with E-state index in [4.69, 9.17) is 9.47 Å². The first-order chi connectivity index (χ1) is 14.1. The zero-order valence-corrected chi connectivity index (χ0v) is 18.0. The molecule has 10 heteroatoms. The number of hydrazine groups is 1. The highest BCUT2D eigenvalue weighted by Crippen LogP contribution is 2.25. The van der Waals surface area contributed by atoms with E-state index in [1.807, 2.05) is 13.0 Å². The minimum atomic E-state index is -3.89. The Bertz CT molecular complexity index is 1020. The first kappa shape index (κ1) is 23.2. The molecule has 0 spiro atoms. The fourth-order valence-electron chi connectivity index (χ4n) is 2.49. The highest BCUT2D eigenvalue weighted by molar-refractivity contribution is 7.89. The summed E-state index contributed by atoms with van der Waals surface area (Å²) in [6.45, 7) is 4.95. The fraction of sp³-hybridized carbons (Fsp3) is 0.300. The largest absolute Gasteiger partial charge is 0.495 e. The monoisotopic (exact) mass is 435 g/mol. The van der Waals surface area contributed by atoms with Crippen molar-refractivity contribution >= 4 is 21.8 Å². The molecule has 2 amide bonds. The topological polar surface area (TPSA) is 123 Å². The molecule has 0 atom stereocenters. The highest BCUT2D eigenvalue weighted by atomic mass is 32.2. The van der Waals surface area contributed by atoms with Crippen molar-refractivity contribution in [3.8, 4) is 11.5 Å². The van der Waals surface area contributed by atoms with Gasteiger partial charge in [-0.2, -0.15) is 0 Å². The zero-order chi connectivity index (χ0) is 22.3. The van der Waals surface area contributed by atoms with Crippen LogP contribution < -0.4 is 25.0 Å². The van der Waals surface area contributed by atoms with Gasteiger partial charge < -0.3 is 9.47 Å². The molecule has 3 N–H and O–H groups in total. The van der Waals surface area contributed by atoms with E-state index in [9.17, 15) is 18.0 Å². The Morgan fingerprint density at radius 2 is 1.80 bits per heavy atom. The van der Waals surface area contributed by atoms with Crippen LogP contribution >= 0.6 is 0 Å². The summed E-state index contributed by atoms with van der Waals surface area (Å²) in [4.78, 5) is 24.1. The van der Waals surface area contributed by atoms with E-state index in [2.05, 4.69) is 15.6 Å². The molecule has 2 aromatic carbocycles. The number of amides is 2. The first-order valence-electron chi connectivity index (χ1n) is 9.11. The summed E-state index contributed by atoms with van der Waals surface area (Å²) in [5, 5.41) is 0. The van der Waals surface area contributed by atoms with Gasteiger partial charge in [-0.25, -0.2) is 13.1 Å². The third kappa shape index (κ3) is 6.46. The summed E-state index contributed by atoms with van der Waals surface area (Å²) in [6.07, 6.45) is 0. The Labute approximate surface area is 175 Å². The fourth-order valence-corrected chi connectivity index (χ4v) is 3.94.